The summed E-state index contributed by atoms with van der Waals surface area (Å²) >= 11 is 0. The Kier molecular flexibility index (Phi) is 6.69. The van der Waals surface area contributed by atoms with Gasteiger partial charge in [-0.05, 0) is 50.0 Å². The predicted molar refractivity (Wildman–Crippen MR) is 106 cm³/mol. The third-order valence-corrected chi connectivity index (χ3v) is 4.92. The highest BCUT2D eigenvalue weighted by Gasteiger charge is 2.30. The van der Waals surface area contributed by atoms with Gasteiger partial charge in [0.2, 0.25) is 0 Å². The van der Waals surface area contributed by atoms with Crippen molar-refractivity contribution in [2.45, 2.75) is 38.2 Å². The molecule has 0 saturated heterocycles. The molecule has 0 radical (unpaired) electrons. The van der Waals surface area contributed by atoms with E-state index >= 15 is 0 Å². The van der Waals surface area contributed by atoms with Crippen molar-refractivity contribution in [2.24, 2.45) is 0 Å². The van der Waals surface area contributed by atoms with Crippen LogP contribution < -0.4 is 9.64 Å². The van der Waals surface area contributed by atoms with Gasteiger partial charge in [0, 0.05) is 12.3 Å². The fraction of sp³-hybridized carbons (Fsp3) is 0.364. The minimum absolute atomic E-state index is 0.00257. The van der Waals surface area contributed by atoms with Crippen LogP contribution in [-0.4, -0.2) is 32.3 Å². The maximum absolute atomic E-state index is 14.2. The van der Waals surface area contributed by atoms with Gasteiger partial charge < -0.3 is 19.1 Å². The van der Waals surface area contributed by atoms with Gasteiger partial charge >= 0.3 is 11.9 Å². The van der Waals surface area contributed by atoms with Crippen LogP contribution in [0.2, 0.25) is 0 Å². The number of anilines is 1. The molecule has 1 aromatic carbocycles. The van der Waals surface area contributed by atoms with Crippen molar-refractivity contribution >= 4 is 17.6 Å². The Labute approximate surface area is 169 Å². The Hall–Kier alpha value is -3.09. The molecule has 0 amide bonds. The average molecular weight is 401 g/mol. The van der Waals surface area contributed by atoms with E-state index in [1.54, 1.807) is 18.4 Å². The summed E-state index contributed by atoms with van der Waals surface area (Å²) in [5.74, 6) is -1.53. The molecule has 29 heavy (non-hydrogen) atoms. The lowest BCUT2D eigenvalue weighted by Crippen LogP contribution is -2.28. The molecule has 2 aliphatic rings. The zero-order valence-electron chi connectivity index (χ0n) is 16.5. The van der Waals surface area contributed by atoms with Crippen LogP contribution in [0.15, 0.2) is 53.9 Å². The molecule has 6 nitrogen and oxygen atoms in total. The number of allylic oxidation sites excluding steroid dienone is 2. The Morgan fingerprint density at radius 2 is 1.76 bits per heavy atom. The maximum Gasteiger partial charge on any atom is 0.355 e. The number of hydrogen-bond acceptors (Lipinski definition) is 6. The predicted octanol–water partition coefficient (Wildman–Crippen LogP) is 4.03. The van der Waals surface area contributed by atoms with Gasteiger partial charge in [0.1, 0.15) is 17.3 Å². The second-order valence-electron chi connectivity index (χ2n) is 6.81. The molecule has 0 bridgehead atoms. The number of hydrogen-bond donors (Lipinski definition) is 0. The number of carbonyl (C=O) groups is 2. The van der Waals surface area contributed by atoms with Crippen LogP contribution in [0, 0.1) is 5.82 Å². The zero-order valence-corrected chi connectivity index (χ0v) is 16.5. The zero-order chi connectivity index (χ0) is 20.8. The van der Waals surface area contributed by atoms with E-state index in [0.717, 1.165) is 25.7 Å². The third-order valence-electron chi connectivity index (χ3n) is 4.92. The van der Waals surface area contributed by atoms with Crippen molar-refractivity contribution in [1.29, 1.82) is 0 Å². The second-order valence-corrected chi connectivity index (χ2v) is 6.81. The number of rotatable bonds is 5. The monoisotopic (exact) mass is 401 g/mol. The highest BCUT2D eigenvalue weighted by molar-refractivity contribution is 6.05. The second kappa shape index (κ2) is 9.41. The number of nitrogens with zero attached hydrogens (tertiary/aromatic N) is 1. The van der Waals surface area contributed by atoms with E-state index in [4.69, 9.17) is 14.2 Å². The van der Waals surface area contributed by atoms with Gasteiger partial charge in [-0.1, -0.05) is 12.5 Å². The van der Waals surface area contributed by atoms with Gasteiger partial charge in [0.05, 0.1) is 31.6 Å². The lowest BCUT2D eigenvalue weighted by atomic mass is 9.98. The molecule has 1 fully saturated rings. The smallest absolute Gasteiger partial charge is 0.355 e. The minimum atomic E-state index is -0.755. The summed E-state index contributed by atoms with van der Waals surface area (Å²) in [5.41, 5.74) is 0.220. The molecule has 0 unspecified atom stereocenters. The summed E-state index contributed by atoms with van der Waals surface area (Å²) in [5, 5.41) is 0. The Balaban J connectivity index is 2.09. The molecular weight excluding hydrogens is 377 g/mol. The highest BCUT2D eigenvalue weighted by atomic mass is 19.1. The molecule has 0 aromatic heterocycles. The Morgan fingerprint density at radius 3 is 2.45 bits per heavy atom. The minimum Gasteiger partial charge on any atom is -0.488 e. The highest BCUT2D eigenvalue weighted by Crippen LogP contribution is 2.36. The van der Waals surface area contributed by atoms with E-state index in [1.807, 2.05) is 0 Å². The van der Waals surface area contributed by atoms with Crippen LogP contribution in [0.25, 0.3) is 0 Å². The molecule has 154 valence electrons. The average Bonchev–Trinajstić information content (AvgIpc) is 2.97. The van der Waals surface area contributed by atoms with Gasteiger partial charge in [-0.25, -0.2) is 14.0 Å². The lowest BCUT2D eigenvalue weighted by molar-refractivity contribution is -0.139. The van der Waals surface area contributed by atoms with E-state index in [1.165, 1.54) is 49.8 Å². The van der Waals surface area contributed by atoms with Gasteiger partial charge in [0.25, 0.3) is 0 Å². The first kappa shape index (κ1) is 20.6. The first-order valence-electron chi connectivity index (χ1n) is 9.56. The number of halogens is 1. The first-order valence-corrected chi connectivity index (χ1v) is 9.56. The molecule has 1 aromatic rings. The van der Waals surface area contributed by atoms with E-state index in [2.05, 4.69) is 0 Å². The SMILES string of the molecule is COC(=O)C1=C(C(=O)OC)N(c2cc(F)ccc2OC2CCCCC2)C=CC=C1. The van der Waals surface area contributed by atoms with Gasteiger partial charge in [-0.2, -0.15) is 0 Å². The van der Waals surface area contributed by atoms with Crippen molar-refractivity contribution in [3.63, 3.8) is 0 Å². The largest absolute Gasteiger partial charge is 0.488 e. The van der Waals surface area contributed by atoms with Crippen molar-refractivity contribution in [3.8, 4) is 5.75 Å². The third kappa shape index (κ3) is 4.67. The van der Waals surface area contributed by atoms with E-state index in [0.29, 0.717) is 11.4 Å². The standard InChI is InChI=1S/C22H24FNO5/c1-27-21(25)17-10-6-7-13-24(20(17)22(26)28-2)18-14-15(23)11-12-19(18)29-16-8-4-3-5-9-16/h6-7,10-14,16H,3-5,8-9H2,1-2H3. The van der Waals surface area contributed by atoms with Crippen LogP contribution in [-0.2, 0) is 19.1 Å². The van der Waals surface area contributed by atoms with Crippen molar-refractivity contribution < 1.29 is 28.2 Å². The van der Waals surface area contributed by atoms with Crippen LogP contribution in [0.4, 0.5) is 10.1 Å². The fourth-order valence-corrected chi connectivity index (χ4v) is 3.49. The number of methoxy groups -OCH3 is 2. The molecule has 1 saturated carbocycles. The number of esters is 2. The summed E-state index contributed by atoms with van der Waals surface area (Å²) in [6.07, 6.45) is 11.4. The molecule has 0 N–H and O–H groups in total. The molecule has 0 atom stereocenters. The number of benzene rings is 1. The summed E-state index contributed by atoms with van der Waals surface area (Å²) in [6.45, 7) is 0. The van der Waals surface area contributed by atoms with Crippen molar-refractivity contribution in [2.75, 3.05) is 19.1 Å². The van der Waals surface area contributed by atoms with Gasteiger partial charge in [-0.15, -0.1) is 0 Å². The molecular formula is C22H24FNO5. The quantitative estimate of drug-likeness (QED) is 0.694. The first-order chi connectivity index (χ1) is 14.0. The molecule has 1 aliphatic heterocycles. The van der Waals surface area contributed by atoms with Crippen LogP contribution in [0.5, 0.6) is 5.75 Å². The summed E-state index contributed by atoms with van der Waals surface area (Å²) in [7, 11) is 2.44. The van der Waals surface area contributed by atoms with E-state index < -0.39 is 17.8 Å². The Bertz CT molecular complexity index is 868. The topological polar surface area (TPSA) is 65.1 Å². The van der Waals surface area contributed by atoms with Crippen molar-refractivity contribution in [1.82, 2.24) is 0 Å². The van der Waals surface area contributed by atoms with Crippen LogP contribution in [0.1, 0.15) is 32.1 Å². The normalized spacial score (nSPS) is 17.1. The molecule has 1 aliphatic carbocycles. The molecule has 1 heterocycles. The maximum atomic E-state index is 14.2. The summed E-state index contributed by atoms with van der Waals surface area (Å²) < 4.78 is 30.0. The van der Waals surface area contributed by atoms with E-state index in [9.17, 15) is 14.0 Å². The van der Waals surface area contributed by atoms with Crippen LogP contribution >= 0.6 is 0 Å². The lowest BCUT2D eigenvalue weighted by Gasteiger charge is -2.28. The number of carbonyl (C=O) groups excluding carboxylic acids is 2. The summed E-state index contributed by atoms with van der Waals surface area (Å²) in [4.78, 5) is 26.3. The summed E-state index contributed by atoms with van der Waals surface area (Å²) in [6, 6.07) is 4.12. The molecule has 7 heteroatoms. The van der Waals surface area contributed by atoms with E-state index in [-0.39, 0.29) is 17.4 Å². The van der Waals surface area contributed by atoms with Crippen LogP contribution in [0.3, 0.4) is 0 Å². The molecule has 0 spiro atoms. The molecule has 3 rings (SSSR count). The fourth-order valence-electron chi connectivity index (χ4n) is 3.49. The van der Waals surface area contributed by atoms with Gasteiger partial charge in [0.15, 0.2) is 0 Å². The van der Waals surface area contributed by atoms with Crippen molar-refractivity contribution in [3.05, 3.63) is 59.7 Å². The Morgan fingerprint density at radius 1 is 1.03 bits per heavy atom. The van der Waals surface area contributed by atoms with Gasteiger partial charge in [-0.3, -0.25) is 0 Å². The number of ether oxygens (including phenoxy) is 3.